The summed E-state index contributed by atoms with van der Waals surface area (Å²) in [6.45, 7) is 3.92. The molecule has 2 atom stereocenters. The normalized spacial score (nSPS) is 28.0. The van der Waals surface area contributed by atoms with Crippen molar-refractivity contribution in [1.29, 1.82) is 0 Å². The molecule has 1 aromatic rings. The Kier molecular flexibility index (Phi) is 4.33. The van der Waals surface area contributed by atoms with E-state index in [2.05, 4.69) is 4.90 Å². The molecule has 24 heavy (non-hydrogen) atoms. The predicted molar refractivity (Wildman–Crippen MR) is 88.0 cm³/mol. The van der Waals surface area contributed by atoms with Gasteiger partial charge in [-0.15, -0.1) is 0 Å². The number of fused-ring (bicyclic) bond motifs is 1. The Hall–Kier alpha value is -1.79. The lowest BCUT2D eigenvalue weighted by Gasteiger charge is -2.32. The van der Waals surface area contributed by atoms with Crippen LogP contribution in [0.3, 0.4) is 0 Å². The van der Waals surface area contributed by atoms with E-state index in [1.807, 2.05) is 29.2 Å². The van der Waals surface area contributed by atoms with Crippen molar-refractivity contribution < 1.29 is 19.0 Å². The van der Waals surface area contributed by atoms with Crippen molar-refractivity contribution in [2.45, 2.75) is 37.6 Å². The summed E-state index contributed by atoms with van der Waals surface area (Å²) in [6.07, 6.45) is 1.91. The van der Waals surface area contributed by atoms with Crippen LogP contribution < -0.4 is 4.74 Å². The van der Waals surface area contributed by atoms with E-state index >= 15 is 0 Å². The van der Waals surface area contributed by atoms with Gasteiger partial charge in [-0.3, -0.25) is 9.80 Å². The van der Waals surface area contributed by atoms with E-state index in [0.29, 0.717) is 12.6 Å². The number of likely N-dealkylation sites (tertiary alicyclic amines) is 1. The maximum absolute atomic E-state index is 12.3. The number of hydrogen-bond donors (Lipinski definition) is 0. The van der Waals surface area contributed by atoms with E-state index in [-0.39, 0.29) is 18.2 Å². The molecule has 0 radical (unpaired) electrons. The Balaban J connectivity index is 1.47. The first kappa shape index (κ1) is 15.7. The first-order valence-corrected chi connectivity index (χ1v) is 8.67. The Bertz CT molecular complexity index is 602. The van der Waals surface area contributed by atoms with Gasteiger partial charge >= 0.3 is 6.09 Å². The molecule has 4 rings (SSSR count). The van der Waals surface area contributed by atoms with Gasteiger partial charge in [-0.05, 0) is 18.9 Å². The van der Waals surface area contributed by atoms with Gasteiger partial charge in [0.2, 0.25) is 0 Å². The Morgan fingerprint density at radius 2 is 2.00 bits per heavy atom. The molecular formula is C18H24N2O4. The summed E-state index contributed by atoms with van der Waals surface area (Å²) in [4.78, 5) is 16.6. The van der Waals surface area contributed by atoms with Gasteiger partial charge in [0.05, 0.1) is 19.7 Å². The lowest BCUT2D eigenvalue weighted by Crippen LogP contribution is -2.42. The van der Waals surface area contributed by atoms with E-state index in [1.165, 1.54) is 0 Å². The summed E-state index contributed by atoms with van der Waals surface area (Å²) >= 11 is 0. The molecule has 6 nitrogen and oxygen atoms in total. The second-order valence-corrected chi connectivity index (χ2v) is 6.73. The highest BCUT2D eigenvalue weighted by molar-refractivity contribution is 5.71. The van der Waals surface area contributed by atoms with Crippen LogP contribution in [0.2, 0.25) is 0 Å². The quantitative estimate of drug-likeness (QED) is 0.843. The van der Waals surface area contributed by atoms with Crippen molar-refractivity contribution in [3.8, 4) is 5.75 Å². The third kappa shape index (κ3) is 2.84. The van der Waals surface area contributed by atoms with Gasteiger partial charge in [0.25, 0.3) is 0 Å². The number of methoxy groups -OCH3 is 1. The van der Waals surface area contributed by atoms with E-state index < -0.39 is 0 Å². The number of carbonyl (C=O) groups is 1. The molecule has 0 aliphatic carbocycles. The third-order valence-corrected chi connectivity index (χ3v) is 5.39. The fourth-order valence-electron chi connectivity index (χ4n) is 4.08. The predicted octanol–water partition coefficient (Wildman–Crippen LogP) is 1.88. The van der Waals surface area contributed by atoms with Crippen LogP contribution in [0.4, 0.5) is 4.79 Å². The van der Waals surface area contributed by atoms with Gasteiger partial charge in [0.1, 0.15) is 11.9 Å². The van der Waals surface area contributed by atoms with Crippen molar-refractivity contribution >= 4 is 6.09 Å². The number of rotatable bonds is 4. The van der Waals surface area contributed by atoms with Crippen molar-refractivity contribution in [2.24, 2.45) is 0 Å². The smallest absolute Gasteiger partial charge is 0.410 e. The number of carbonyl (C=O) groups excluding carboxylic acids is 1. The molecule has 130 valence electrons. The minimum Gasteiger partial charge on any atom is -0.496 e. The van der Waals surface area contributed by atoms with Gasteiger partial charge in [-0.25, -0.2) is 4.79 Å². The van der Waals surface area contributed by atoms with Crippen LogP contribution in [0.5, 0.6) is 5.75 Å². The molecule has 0 aromatic heterocycles. The second kappa shape index (κ2) is 6.61. The largest absolute Gasteiger partial charge is 0.496 e. The molecule has 0 unspecified atom stereocenters. The molecule has 6 heteroatoms. The van der Waals surface area contributed by atoms with Crippen LogP contribution in [0.25, 0.3) is 0 Å². The number of amides is 1. The first-order valence-electron chi connectivity index (χ1n) is 8.67. The van der Waals surface area contributed by atoms with E-state index in [1.54, 1.807) is 7.11 Å². The SMILES string of the molecule is COc1ccccc1CN1C(=O)O[C@@H]2CN(C3CCOCC3)C[C@@H]21. The highest BCUT2D eigenvalue weighted by Crippen LogP contribution is 2.32. The van der Waals surface area contributed by atoms with E-state index in [0.717, 1.165) is 50.5 Å². The van der Waals surface area contributed by atoms with Gasteiger partial charge in [0.15, 0.2) is 0 Å². The van der Waals surface area contributed by atoms with Crippen molar-refractivity contribution in [3.05, 3.63) is 29.8 Å². The van der Waals surface area contributed by atoms with E-state index in [4.69, 9.17) is 14.2 Å². The molecule has 0 saturated carbocycles. The number of para-hydroxylation sites is 1. The summed E-state index contributed by atoms with van der Waals surface area (Å²) in [5.41, 5.74) is 1.02. The summed E-state index contributed by atoms with van der Waals surface area (Å²) in [5, 5.41) is 0. The number of ether oxygens (including phenoxy) is 3. The topological polar surface area (TPSA) is 51.2 Å². The molecule has 3 aliphatic rings. The van der Waals surface area contributed by atoms with Crippen LogP contribution in [0, 0.1) is 0 Å². The Labute approximate surface area is 142 Å². The summed E-state index contributed by atoms with van der Waals surface area (Å²) in [6, 6.07) is 8.53. The Morgan fingerprint density at radius 1 is 1.21 bits per heavy atom. The zero-order valence-electron chi connectivity index (χ0n) is 14.0. The molecule has 0 N–H and O–H groups in total. The summed E-state index contributed by atoms with van der Waals surface area (Å²) in [5.74, 6) is 0.813. The highest BCUT2D eigenvalue weighted by Gasteiger charge is 2.49. The molecule has 3 heterocycles. The monoisotopic (exact) mass is 332 g/mol. The fraction of sp³-hybridized carbons (Fsp3) is 0.611. The van der Waals surface area contributed by atoms with Crippen LogP contribution in [0.1, 0.15) is 18.4 Å². The van der Waals surface area contributed by atoms with Crippen molar-refractivity contribution in [3.63, 3.8) is 0 Å². The maximum atomic E-state index is 12.3. The molecule has 3 aliphatic heterocycles. The van der Waals surface area contributed by atoms with Crippen molar-refractivity contribution in [1.82, 2.24) is 9.80 Å². The zero-order chi connectivity index (χ0) is 16.5. The van der Waals surface area contributed by atoms with Gasteiger partial charge in [0, 0.05) is 37.9 Å². The molecule has 3 saturated heterocycles. The molecule has 1 aromatic carbocycles. The average molecular weight is 332 g/mol. The number of benzene rings is 1. The van der Waals surface area contributed by atoms with Gasteiger partial charge < -0.3 is 14.2 Å². The molecular weight excluding hydrogens is 308 g/mol. The van der Waals surface area contributed by atoms with Crippen LogP contribution in [-0.2, 0) is 16.0 Å². The third-order valence-electron chi connectivity index (χ3n) is 5.39. The minimum atomic E-state index is -0.206. The maximum Gasteiger partial charge on any atom is 0.410 e. The van der Waals surface area contributed by atoms with Gasteiger partial charge in [-0.2, -0.15) is 0 Å². The van der Waals surface area contributed by atoms with E-state index in [9.17, 15) is 4.79 Å². The fourth-order valence-corrected chi connectivity index (χ4v) is 4.08. The molecule has 3 fully saturated rings. The van der Waals surface area contributed by atoms with Crippen LogP contribution in [-0.4, -0.2) is 67.5 Å². The molecule has 1 amide bonds. The van der Waals surface area contributed by atoms with Crippen molar-refractivity contribution in [2.75, 3.05) is 33.4 Å². The number of nitrogens with zero attached hydrogens (tertiary/aromatic N) is 2. The second-order valence-electron chi connectivity index (χ2n) is 6.73. The number of hydrogen-bond acceptors (Lipinski definition) is 5. The zero-order valence-corrected chi connectivity index (χ0v) is 14.0. The molecule has 0 bridgehead atoms. The van der Waals surface area contributed by atoms with Crippen LogP contribution in [0.15, 0.2) is 24.3 Å². The Morgan fingerprint density at radius 3 is 2.79 bits per heavy atom. The minimum absolute atomic E-state index is 0.0185. The lowest BCUT2D eigenvalue weighted by atomic mass is 10.1. The summed E-state index contributed by atoms with van der Waals surface area (Å²) < 4.78 is 16.5. The van der Waals surface area contributed by atoms with Gasteiger partial charge in [-0.1, -0.05) is 18.2 Å². The first-order chi connectivity index (χ1) is 11.8. The lowest BCUT2D eigenvalue weighted by molar-refractivity contribution is 0.0331. The highest BCUT2D eigenvalue weighted by atomic mass is 16.6. The average Bonchev–Trinajstić information content (AvgIpc) is 3.15. The summed E-state index contributed by atoms with van der Waals surface area (Å²) in [7, 11) is 1.66. The standard InChI is InChI=1S/C18H24N2O4/c1-22-16-5-3-2-4-13(16)10-20-15-11-19(12-17(15)24-18(20)21)14-6-8-23-9-7-14/h2-5,14-15,17H,6-12H2,1H3/t15-,17+/m0/s1. The molecule has 0 spiro atoms. The van der Waals surface area contributed by atoms with Crippen LogP contribution >= 0.6 is 0 Å².